The lowest BCUT2D eigenvalue weighted by Crippen LogP contribution is -1.76. The third kappa shape index (κ3) is 2.91. The lowest BCUT2D eigenvalue weighted by Gasteiger charge is -1.85. The second kappa shape index (κ2) is 3.95. The van der Waals surface area contributed by atoms with Crippen molar-refractivity contribution in [2.45, 2.75) is 7.43 Å². The van der Waals surface area contributed by atoms with Crippen LogP contribution in [0.4, 0.5) is 0 Å². The average Bonchev–Trinajstić information content (AvgIpc) is 1.77. The van der Waals surface area contributed by atoms with E-state index in [-0.39, 0.29) is 7.43 Å². The Hall–Kier alpha value is 0.0400. The molecular formula is C5H6Br2N2. The molecule has 0 saturated carbocycles. The molecule has 0 saturated heterocycles. The standard InChI is InChI=1S/C4H2Br2N2.CH4/c5-3-1-7-4(6)2-8-3;/h1-2H;1H4. The first kappa shape index (κ1) is 9.04. The Kier molecular flexibility index (Phi) is 3.97. The molecule has 0 fully saturated rings. The van der Waals surface area contributed by atoms with E-state index in [1.165, 1.54) is 0 Å². The maximum Gasteiger partial charge on any atom is 0.124 e. The van der Waals surface area contributed by atoms with Crippen LogP contribution in [0.5, 0.6) is 0 Å². The first-order chi connectivity index (χ1) is 3.79. The highest BCUT2D eigenvalue weighted by Gasteiger charge is 1.85. The second-order valence-corrected chi connectivity index (χ2v) is 2.79. The molecule has 0 radical (unpaired) electrons. The highest BCUT2D eigenvalue weighted by atomic mass is 79.9. The van der Waals surface area contributed by atoms with Gasteiger partial charge in [0.1, 0.15) is 9.21 Å². The van der Waals surface area contributed by atoms with Crippen molar-refractivity contribution in [1.82, 2.24) is 9.97 Å². The normalized spacial score (nSPS) is 8.22. The van der Waals surface area contributed by atoms with Gasteiger partial charge in [0.2, 0.25) is 0 Å². The van der Waals surface area contributed by atoms with Gasteiger partial charge in [0.15, 0.2) is 0 Å². The zero-order valence-electron chi connectivity index (χ0n) is 3.81. The molecule has 1 rings (SSSR count). The van der Waals surface area contributed by atoms with Gasteiger partial charge in [0.05, 0.1) is 12.4 Å². The van der Waals surface area contributed by atoms with Gasteiger partial charge in [-0.05, 0) is 31.9 Å². The van der Waals surface area contributed by atoms with Crippen molar-refractivity contribution in [2.75, 3.05) is 0 Å². The molecule has 1 aromatic heterocycles. The summed E-state index contributed by atoms with van der Waals surface area (Å²) >= 11 is 6.30. The third-order valence-electron chi connectivity index (χ3n) is 0.589. The van der Waals surface area contributed by atoms with E-state index in [0.717, 1.165) is 9.21 Å². The van der Waals surface area contributed by atoms with Crippen LogP contribution in [0.1, 0.15) is 7.43 Å². The molecule has 1 aromatic rings. The first-order valence-electron chi connectivity index (χ1n) is 1.92. The van der Waals surface area contributed by atoms with E-state index in [1.54, 1.807) is 12.4 Å². The van der Waals surface area contributed by atoms with Gasteiger partial charge in [0, 0.05) is 0 Å². The van der Waals surface area contributed by atoms with Crippen molar-refractivity contribution in [1.29, 1.82) is 0 Å². The molecule has 0 amide bonds. The van der Waals surface area contributed by atoms with Crippen LogP contribution in [-0.4, -0.2) is 9.97 Å². The number of hydrogen-bond acceptors (Lipinski definition) is 2. The van der Waals surface area contributed by atoms with Gasteiger partial charge in [-0.15, -0.1) is 0 Å². The van der Waals surface area contributed by atoms with E-state index in [9.17, 15) is 0 Å². The topological polar surface area (TPSA) is 25.8 Å². The number of hydrogen-bond donors (Lipinski definition) is 0. The minimum absolute atomic E-state index is 0. The maximum atomic E-state index is 3.89. The zero-order chi connectivity index (χ0) is 5.98. The summed E-state index contributed by atoms with van der Waals surface area (Å²) in [6.07, 6.45) is 3.26. The van der Waals surface area contributed by atoms with Gasteiger partial charge in [-0.25, -0.2) is 9.97 Å². The van der Waals surface area contributed by atoms with E-state index in [2.05, 4.69) is 41.8 Å². The molecule has 50 valence electrons. The van der Waals surface area contributed by atoms with Crippen molar-refractivity contribution in [2.24, 2.45) is 0 Å². The minimum Gasteiger partial charge on any atom is -0.245 e. The lowest BCUT2D eigenvalue weighted by molar-refractivity contribution is 1.13. The molecular weight excluding hydrogens is 248 g/mol. The fourth-order valence-electron chi connectivity index (χ4n) is 0.297. The molecule has 0 spiro atoms. The van der Waals surface area contributed by atoms with E-state index in [4.69, 9.17) is 0 Å². The highest BCUT2D eigenvalue weighted by molar-refractivity contribution is 9.10. The molecule has 2 nitrogen and oxygen atoms in total. The van der Waals surface area contributed by atoms with Gasteiger partial charge < -0.3 is 0 Å². The minimum atomic E-state index is 0. The Morgan fingerprint density at radius 2 is 1.33 bits per heavy atom. The quantitative estimate of drug-likeness (QED) is 0.711. The van der Waals surface area contributed by atoms with Crippen LogP contribution in [0.3, 0.4) is 0 Å². The van der Waals surface area contributed by atoms with Gasteiger partial charge >= 0.3 is 0 Å². The third-order valence-corrected chi connectivity index (χ3v) is 1.41. The molecule has 1 heterocycles. The number of nitrogens with zero attached hydrogens (tertiary/aromatic N) is 2. The number of halogens is 2. The van der Waals surface area contributed by atoms with Crippen molar-refractivity contribution in [3.8, 4) is 0 Å². The Morgan fingerprint density at radius 3 is 1.56 bits per heavy atom. The molecule has 0 bridgehead atoms. The fourth-order valence-corrected chi connectivity index (χ4v) is 0.706. The Morgan fingerprint density at radius 1 is 1.00 bits per heavy atom. The van der Waals surface area contributed by atoms with Crippen molar-refractivity contribution < 1.29 is 0 Å². The molecule has 0 N–H and O–H groups in total. The SMILES string of the molecule is Brc1cnc(Br)cn1.C. The van der Waals surface area contributed by atoms with Gasteiger partial charge in [-0.2, -0.15) is 0 Å². The molecule has 0 atom stereocenters. The van der Waals surface area contributed by atoms with E-state index < -0.39 is 0 Å². The van der Waals surface area contributed by atoms with Gasteiger partial charge in [-0.1, -0.05) is 7.43 Å². The fraction of sp³-hybridized carbons (Fsp3) is 0.200. The maximum absolute atomic E-state index is 3.89. The number of rotatable bonds is 0. The van der Waals surface area contributed by atoms with E-state index >= 15 is 0 Å². The predicted octanol–water partition coefficient (Wildman–Crippen LogP) is 2.64. The van der Waals surface area contributed by atoms with Gasteiger partial charge in [0.25, 0.3) is 0 Å². The molecule has 0 unspecified atom stereocenters. The molecule has 9 heavy (non-hydrogen) atoms. The number of aromatic nitrogens is 2. The Labute approximate surface area is 71.0 Å². The van der Waals surface area contributed by atoms with Crippen LogP contribution < -0.4 is 0 Å². The van der Waals surface area contributed by atoms with Crippen molar-refractivity contribution >= 4 is 31.9 Å². The van der Waals surface area contributed by atoms with Crippen LogP contribution in [0, 0.1) is 0 Å². The summed E-state index contributed by atoms with van der Waals surface area (Å²) in [6, 6.07) is 0. The van der Waals surface area contributed by atoms with Crippen molar-refractivity contribution in [3.05, 3.63) is 21.6 Å². The molecule has 0 aliphatic heterocycles. The molecule has 0 aliphatic carbocycles. The van der Waals surface area contributed by atoms with Crippen LogP contribution in [0.25, 0.3) is 0 Å². The summed E-state index contributed by atoms with van der Waals surface area (Å²) in [6.45, 7) is 0. The summed E-state index contributed by atoms with van der Waals surface area (Å²) in [5.74, 6) is 0. The smallest absolute Gasteiger partial charge is 0.124 e. The Balaban J connectivity index is 0.000000640. The predicted molar refractivity (Wildman–Crippen MR) is 44.2 cm³/mol. The molecule has 0 aliphatic rings. The van der Waals surface area contributed by atoms with Crippen molar-refractivity contribution in [3.63, 3.8) is 0 Å². The average molecular weight is 254 g/mol. The van der Waals surface area contributed by atoms with Crippen LogP contribution in [0.15, 0.2) is 21.6 Å². The molecule has 4 heteroatoms. The summed E-state index contributed by atoms with van der Waals surface area (Å²) < 4.78 is 1.50. The summed E-state index contributed by atoms with van der Waals surface area (Å²) in [4.78, 5) is 7.77. The zero-order valence-corrected chi connectivity index (χ0v) is 6.98. The summed E-state index contributed by atoms with van der Waals surface area (Å²) in [7, 11) is 0. The monoisotopic (exact) mass is 252 g/mol. The first-order valence-corrected chi connectivity index (χ1v) is 3.50. The van der Waals surface area contributed by atoms with Gasteiger partial charge in [-0.3, -0.25) is 0 Å². The van der Waals surface area contributed by atoms with Crippen LogP contribution in [0.2, 0.25) is 0 Å². The van der Waals surface area contributed by atoms with E-state index in [1.807, 2.05) is 0 Å². The lowest BCUT2D eigenvalue weighted by atomic mass is 10.8. The van der Waals surface area contributed by atoms with Crippen LogP contribution in [-0.2, 0) is 0 Å². The van der Waals surface area contributed by atoms with E-state index in [0.29, 0.717) is 0 Å². The Bertz CT molecular complexity index is 152. The van der Waals surface area contributed by atoms with Crippen LogP contribution >= 0.6 is 31.9 Å². The second-order valence-electron chi connectivity index (χ2n) is 1.16. The largest absolute Gasteiger partial charge is 0.245 e. The summed E-state index contributed by atoms with van der Waals surface area (Å²) in [5.41, 5.74) is 0. The summed E-state index contributed by atoms with van der Waals surface area (Å²) in [5, 5.41) is 0. The molecule has 0 aromatic carbocycles. The highest BCUT2D eigenvalue weighted by Crippen LogP contribution is 2.06.